The molecule has 1 atom stereocenters. The fourth-order valence-electron chi connectivity index (χ4n) is 2.44. The molecule has 144 valence electrons. The maximum Gasteiger partial charge on any atom is 0.416 e. The number of halogens is 3. The Labute approximate surface area is 155 Å². The van der Waals surface area contributed by atoms with E-state index in [1.54, 1.807) is 6.92 Å². The number of carbonyl (C=O) groups is 2. The van der Waals surface area contributed by atoms with Gasteiger partial charge in [0.15, 0.2) is 6.61 Å². The lowest BCUT2D eigenvalue weighted by atomic mass is 10.0. The first kappa shape index (κ1) is 20.5. The summed E-state index contributed by atoms with van der Waals surface area (Å²) in [6.07, 6.45) is -4.56. The highest BCUT2D eigenvalue weighted by molar-refractivity contribution is 5.91. The molecule has 0 heterocycles. The first-order valence-corrected chi connectivity index (χ1v) is 8.29. The monoisotopic (exact) mass is 379 g/mol. The third-order valence-electron chi connectivity index (χ3n) is 4.17. The fraction of sp³-hybridized carbons (Fsp3) is 0.300. The summed E-state index contributed by atoms with van der Waals surface area (Å²) in [4.78, 5) is 23.9. The van der Waals surface area contributed by atoms with Crippen molar-refractivity contribution in [2.45, 2.75) is 33.0 Å². The number of ether oxygens (including phenoxy) is 1. The Morgan fingerprint density at radius 3 is 2.41 bits per heavy atom. The predicted octanol–water partition coefficient (Wildman–Crippen LogP) is 4.36. The molecular weight excluding hydrogens is 359 g/mol. The minimum Gasteiger partial charge on any atom is -0.452 e. The molecule has 0 aliphatic carbocycles. The van der Waals surface area contributed by atoms with E-state index in [0.29, 0.717) is 6.07 Å². The van der Waals surface area contributed by atoms with Crippen molar-refractivity contribution in [3.63, 3.8) is 0 Å². The van der Waals surface area contributed by atoms with Crippen molar-refractivity contribution in [1.29, 1.82) is 0 Å². The number of hydrogen-bond donors (Lipinski definition) is 1. The Hall–Kier alpha value is -2.83. The smallest absolute Gasteiger partial charge is 0.416 e. The second-order valence-electron chi connectivity index (χ2n) is 6.29. The van der Waals surface area contributed by atoms with E-state index in [1.165, 1.54) is 6.07 Å². The van der Waals surface area contributed by atoms with Gasteiger partial charge in [0.2, 0.25) is 0 Å². The molecule has 0 unspecified atom stereocenters. The van der Waals surface area contributed by atoms with Crippen LogP contribution in [0.5, 0.6) is 0 Å². The van der Waals surface area contributed by atoms with Crippen LogP contribution in [0.2, 0.25) is 0 Å². The highest BCUT2D eigenvalue weighted by Crippen LogP contribution is 2.29. The van der Waals surface area contributed by atoms with E-state index in [9.17, 15) is 22.8 Å². The average molecular weight is 379 g/mol. The van der Waals surface area contributed by atoms with E-state index in [-0.39, 0.29) is 11.6 Å². The van der Waals surface area contributed by atoms with Crippen molar-refractivity contribution >= 4 is 11.9 Å². The molecule has 1 amide bonds. The van der Waals surface area contributed by atoms with Crippen LogP contribution < -0.4 is 5.32 Å². The topological polar surface area (TPSA) is 55.4 Å². The summed E-state index contributed by atoms with van der Waals surface area (Å²) >= 11 is 0. The minimum absolute atomic E-state index is 0.264. The van der Waals surface area contributed by atoms with Crippen molar-refractivity contribution in [2.24, 2.45) is 0 Å². The Balaban J connectivity index is 1.93. The number of benzene rings is 2. The number of nitrogens with one attached hydrogen (secondary N) is 1. The second-order valence-corrected chi connectivity index (χ2v) is 6.29. The van der Waals surface area contributed by atoms with Crippen molar-refractivity contribution in [1.82, 2.24) is 5.32 Å². The molecule has 4 nitrogen and oxygen atoms in total. The van der Waals surface area contributed by atoms with Gasteiger partial charge in [-0.1, -0.05) is 24.3 Å². The fourth-order valence-corrected chi connectivity index (χ4v) is 2.44. The molecule has 0 aromatic heterocycles. The van der Waals surface area contributed by atoms with Gasteiger partial charge in [-0.25, -0.2) is 4.79 Å². The number of amides is 1. The lowest BCUT2D eigenvalue weighted by molar-refractivity contribution is -0.137. The Morgan fingerprint density at radius 2 is 1.78 bits per heavy atom. The normalized spacial score (nSPS) is 12.4. The van der Waals surface area contributed by atoms with E-state index < -0.39 is 30.2 Å². The summed E-state index contributed by atoms with van der Waals surface area (Å²) in [5, 5.41) is 2.69. The number of aryl methyl sites for hydroxylation is 2. The number of carbonyl (C=O) groups excluding carboxylic acids is 2. The molecule has 0 radical (unpaired) electrons. The molecule has 27 heavy (non-hydrogen) atoms. The molecule has 0 bridgehead atoms. The van der Waals surface area contributed by atoms with Crippen molar-refractivity contribution in [3.05, 3.63) is 70.3 Å². The summed E-state index contributed by atoms with van der Waals surface area (Å²) in [5.74, 6) is -1.53. The third kappa shape index (κ3) is 5.57. The Morgan fingerprint density at radius 1 is 1.07 bits per heavy atom. The number of alkyl halides is 3. The molecule has 0 aliphatic heterocycles. The molecule has 2 aromatic rings. The van der Waals surface area contributed by atoms with Crippen LogP contribution in [-0.4, -0.2) is 18.5 Å². The zero-order valence-electron chi connectivity index (χ0n) is 15.2. The van der Waals surface area contributed by atoms with Gasteiger partial charge < -0.3 is 10.1 Å². The molecule has 0 saturated carbocycles. The van der Waals surface area contributed by atoms with Gasteiger partial charge in [-0.2, -0.15) is 13.2 Å². The van der Waals surface area contributed by atoms with Crippen LogP contribution in [0, 0.1) is 13.8 Å². The Kier molecular flexibility index (Phi) is 6.25. The first-order valence-electron chi connectivity index (χ1n) is 8.29. The zero-order valence-corrected chi connectivity index (χ0v) is 15.2. The van der Waals surface area contributed by atoms with Crippen LogP contribution in [-0.2, 0) is 15.7 Å². The van der Waals surface area contributed by atoms with Crippen molar-refractivity contribution in [3.8, 4) is 0 Å². The Bertz CT molecular complexity index is 847. The molecule has 1 N–H and O–H groups in total. The quantitative estimate of drug-likeness (QED) is 0.786. The zero-order chi connectivity index (χ0) is 20.2. The van der Waals surface area contributed by atoms with Gasteiger partial charge in [-0.3, -0.25) is 4.79 Å². The van der Waals surface area contributed by atoms with Crippen molar-refractivity contribution in [2.75, 3.05) is 6.61 Å². The van der Waals surface area contributed by atoms with E-state index >= 15 is 0 Å². The van der Waals surface area contributed by atoms with E-state index in [2.05, 4.69) is 5.32 Å². The molecular formula is C20H20F3NO3. The van der Waals surface area contributed by atoms with Crippen molar-refractivity contribution < 1.29 is 27.5 Å². The van der Waals surface area contributed by atoms with Crippen LogP contribution in [0.15, 0.2) is 42.5 Å². The minimum atomic E-state index is -4.56. The molecule has 2 aromatic carbocycles. The van der Waals surface area contributed by atoms with Gasteiger partial charge >= 0.3 is 12.1 Å². The number of hydrogen-bond acceptors (Lipinski definition) is 3. The maximum atomic E-state index is 12.7. The lowest BCUT2D eigenvalue weighted by Gasteiger charge is -2.16. The standard InChI is InChI=1S/C20H20F3NO3/c1-12-7-8-15(9-13(12)2)14(3)24-18(25)11-27-19(26)16-5-4-6-17(10-16)20(21,22)23/h4-10,14H,11H2,1-3H3,(H,24,25)/t14-/m0/s1. The summed E-state index contributed by atoms with van der Waals surface area (Å²) in [6.45, 7) is 5.15. The SMILES string of the molecule is Cc1ccc([C@H](C)NC(=O)COC(=O)c2cccc(C(F)(F)F)c2)cc1C. The molecule has 0 spiro atoms. The van der Waals surface area contributed by atoms with Crippen LogP contribution in [0.3, 0.4) is 0 Å². The summed E-state index contributed by atoms with van der Waals surface area (Å²) in [6, 6.07) is 9.35. The lowest BCUT2D eigenvalue weighted by Crippen LogP contribution is -2.31. The van der Waals surface area contributed by atoms with Crippen LogP contribution in [0.4, 0.5) is 13.2 Å². The second kappa shape index (κ2) is 8.24. The molecule has 0 aliphatic rings. The summed E-state index contributed by atoms with van der Waals surface area (Å²) < 4.78 is 42.9. The van der Waals surface area contributed by atoms with Crippen LogP contribution >= 0.6 is 0 Å². The van der Waals surface area contributed by atoms with Gasteiger partial charge in [-0.15, -0.1) is 0 Å². The summed E-state index contributed by atoms with van der Waals surface area (Å²) in [7, 11) is 0. The largest absolute Gasteiger partial charge is 0.452 e. The molecule has 0 fully saturated rings. The van der Waals surface area contributed by atoms with E-state index in [4.69, 9.17) is 4.74 Å². The average Bonchev–Trinajstić information content (AvgIpc) is 2.61. The van der Waals surface area contributed by atoms with Crippen LogP contribution in [0.1, 0.15) is 45.6 Å². The highest BCUT2D eigenvalue weighted by atomic mass is 19.4. The van der Waals surface area contributed by atoms with Crippen LogP contribution in [0.25, 0.3) is 0 Å². The molecule has 2 rings (SSSR count). The predicted molar refractivity (Wildman–Crippen MR) is 94.2 cm³/mol. The van der Waals surface area contributed by atoms with Gasteiger partial charge in [0.05, 0.1) is 17.2 Å². The van der Waals surface area contributed by atoms with E-state index in [1.807, 2.05) is 32.0 Å². The number of esters is 1. The maximum absolute atomic E-state index is 12.7. The summed E-state index contributed by atoms with van der Waals surface area (Å²) in [5.41, 5.74) is 1.90. The highest BCUT2D eigenvalue weighted by Gasteiger charge is 2.31. The van der Waals surface area contributed by atoms with Gasteiger partial charge in [0, 0.05) is 0 Å². The van der Waals surface area contributed by atoms with Gasteiger partial charge in [0.1, 0.15) is 0 Å². The molecule has 0 saturated heterocycles. The third-order valence-corrected chi connectivity index (χ3v) is 4.17. The van der Waals surface area contributed by atoms with Gasteiger partial charge in [-0.05, 0) is 55.7 Å². The van der Waals surface area contributed by atoms with Gasteiger partial charge in [0.25, 0.3) is 5.91 Å². The molecule has 7 heteroatoms. The van der Waals surface area contributed by atoms with E-state index in [0.717, 1.165) is 28.8 Å². The number of rotatable bonds is 5. The first-order chi connectivity index (χ1) is 12.6.